The molecule has 1 heterocycles. The van der Waals surface area contributed by atoms with E-state index in [1.165, 1.54) is 17.9 Å². The molecular formula is C16H14N6O5. The molecule has 0 aliphatic heterocycles. The Morgan fingerprint density at radius 1 is 1.44 bits per heavy atom. The molecule has 11 nitrogen and oxygen atoms in total. The van der Waals surface area contributed by atoms with Crippen LogP contribution in [0.15, 0.2) is 41.5 Å². The number of aromatic hydroxyl groups is 1. The van der Waals surface area contributed by atoms with Crippen molar-refractivity contribution >= 4 is 28.8 Å². The summed E-state index contributed by atoms with van der Waals surface area (Å²) in [6.07, 6.45) is 1.09. The van der Waals surface area contributed by atoms with Gasteiger partial charge in [0.15, 0.2) is 0 Å². The number of nitro groups is 1. The quantitative estimate of drug-likeness (QED) is 0.377. The van der Waals surface area contributed by atoms with E-state index in [4.69, 9.17) is 4.74 Å². The van der Waals surface area contributed by atoms with E-state index >= 15 is 0 Å². The van der Waals surface area contributed by atoms with Crippen LogP contribution in [0.3, 0.4) is 0 Å². The van der Waals surface area contributed by atoms with Gasteiger partial charge in [-0.1, -0.05) is 17.3 Å². The molecule has 138 valence electrons. The third-order valence-corrected chi connectivity index (χ3v) is 3.63. The minimum absolute atomic E-state index is 0.0209. The number of para-hydroxylation sites is 1. The van der Waals surface area contributed by atoms with Crippen molar-refractivity contribution in [3.05, 3.63) is 52.1 Å². The molecule has 1 aromatic heterocycles. The molecule has 0 atom stereocenters. The van der Waals surface area contributed by atoms with Crippen molar-refractivity contribution in [1.82, 2.24) is 20.4 Å². The molecule has 2 N–H and O–H groups in total. The number of methoxy groups -OCH3 is 1. The summed E-state index contributed by atoms with van der Waals surface area (Å²) in [5, 5.41) is 32.5. The predicted molar refractivity (Wildman–Crippen MR) is 94.6 cm³/mol. The fraction of sp³-hybridized carbons (Fsp3) is 0.125. The summed E-state index contributed by atoms with van der Waals surface area (Å²) in [4.78, 5) is 22.2. The van der Waals surface area contributed by atoms with Crippen LogP contribution in [0.1, 0.15) is 5.56 Å². The van der Waals surface area contributed by atoms with Crippen molar-refractivity contribution in [3.63, 3.8) is 0 Å². The number of ether oxygens (including phenoxy) is 1. The van der Waals surface area contributed by atoms with Gasteiger partial charge in [-0.3, -0.25) is 14.9 Å². The maximum absolute atomic E-state index is 12.0. The Labute approximate surface area is 152 Å². The molecule has 0 unspecified atom stereocenters. The lowest BCUT2D eigenvalue weighted by atomic mass is 10.1. The summed E-state index contributed by atoms with van der Waals surface area (Å²) in [6, 6.07) is 9.60. The number of nitro benzene ring substituents is 1. The molecule has 1 amide bonds. The molecule has 0 fully saturated rings. The maximum atomic E-state index is 12.0. The Morgan fingerprint density at radius 3 is 2.96 bits per heavy atom. The van der Waals surface area contributed by atoms with Crippen molar-refractivity contribution in [3.8, 4) is 11.5 Å². The molecule has 0 spiro atoms. The predicted octanol–water partition coefficient (Wildman–Crippen LogP) is 1.20. The number of hydrogen-bond acceptors (Lipinski definition) is 8. The van der Waals surface area contributed by atoms with Gasteiger partial charge in [0.25, 0.3) is 5.91 Å². The molecule has 2 aromatic carbocycles. The molecule has 3 rings (SSSR count). The Morgan fingerprint density at radius 2 is 2.22 bits per heavy atom. The second-order valence-corrected chi connectivity index (χ2v) is 5.37. The standard InChI is InChI=1S/C16H14N6O5/c1-27-11-6-10(16(24)14(7-11)22(25)26)8-17-19-15(23)9-21-13-5-3-2-4-12(13)18-20-21/h2-8,24H,9H2,1H3,(H,19,23)/b17-8-. The van der Waals surface area contributed by atoms with Gasteiger partial charge < -0.3 is 9.84 Å². The van der Waals surface area contributed by atoms with E-state index in [2.05, 4.69) is 20.8 Å². The van der Waals surface area contributed by atoms with Gasteiger partial charge in [0.2, 0.25) is 5.75 Å². The summed E-state index contributed by atoms with van der Waals surface area (Å²) in [6.45, 7) is -0.123. The van der Waals surface area contributed by atoms with Crippen LogP contribution in [0, 0.1) is 10.1 Å². The van der Waals surface area contributed by atoms with Gasteiger partial charge in [0, 0.05) is 5.56 Å². The molecule has 0 saturated carbocycles. The van der Waals surface area contributed by atoms with Crippen molar-refractivity contribution < 1.29 is 19.6 Å². The minimum Gasteiger partial charge on any atom is -0.502 e. The number of benzene rings is 2. The normalized spacial score (nSPS) is 11.0. The average Bonchev–Trinajstić information content (AvgIpc) is 3.06. The first-order valence-corrected chi connectivity index (χ1v) is 7.65. The highest BCUT2D eigenvalue weighted by Gasteiger charge is 2.18. The van der Waals surface area contributed by atoms with Crippen LogP contribution in [-0.2, 0) is 11.3 Å². The van der Waals surface area contributed by atoms with Gasteiger partial charge in [0.1, 0.15) is 17.8 Å². The van der Waals surface area contributed by atoms with Crippen LogP contribution in [0.4, 0.5) is 5.69 Å². The first-order chi connectivity index (χ1) is 13.0. The number of nitrogens with one attached hydrogen (secondary N) is 1. The number of carbonyl (C=O) groups excluding carboxylic acids is 1. The van der Waals surface area contributed by atoms with E-state index in [1.54, 1.807) is 18.2 Å². The van der Waals surface area contributed by atoms with Crippen molar-refractivity contribution in [2.45, 2.75) is 6.54 Å². The molecule has 3 aromatic rings. The molecule has 0 aliphatic carbocycles. The molecule has 0 aliphatic rings. The first kappa shape index (κ1) is 17.8. The lowest BCUT2D eigenvalue weighted by Crippen LogP contribution is -2.23. The summed E-state index contributed by atoms with van der Waals surface area (Å²) >= 11 is 0. The van der Waals surface area contributed by atoms with Crippen molar-refractivity contribution in [2.75, 3.05) is 7.11 Å². The van der Waals surface area contributed by atoms with Crippen molar-refractivity contribution in [2.24, 2.45) is 5.10 Å². The first-order valence-electron chi connectivity index (χ1n) is 7.65. The van der Waals surface area contributed by atoms with Gasteiger partial charge in [-0.05, 0) is 18.2 Å². The highest BCUT2D eigenvalue weighted by Crippen LogP contribution is 2.33. The van der Waals surface area contributed by atoms with Crippen LogP contribution < -0.4 is 10.2 Å². The molecule has 11 heteroatoms. The van der Waals surface area contributed by atoms with Crippen LogP contribution in [-0.4, -0.2) is 44.3 Å². The highest BCUT2D eigenvalue weighted by molar-refractivity contribution is 5.88. The number of hydrazone groups is 1. The maximum Gasteiger partial charge on any atom is 0.315 e. The van der Waals surface area contributed by atoms with Gasteiger partial charge in [-0.25, -0.2) is 10.1 Å². The molecule has 0 bridgehead atoms. The number of phenols is 1. The number of nitrogens with zero attached hydrogens (tertiary/aromatic N) is 5. The fourth-order valence-corrected chi connectivity index (χ4v) is 2.35. The number of aromatic nitrogens is 3. The fourth-order valence-electron chi connectivity index (χ4n) is 2.35. The van der Waals surface area contributed by atoms with Gasteiger partial charge in [0.05, 0.1) is 29.8 Å². The Bertz CT molecular complexity index is 1040. The summed E-state index contributed by atoms with van der Waals surface area (Å²) in [7, 11) is 1.33. The van der Waals surface area contributed by atoms with Crippen molar-refractivity contribution in [1.29, 1.82) is 0 Å². The average molecular weight is 370 g/mol. The lowest BCUT2D eigenvalue weighted by Gasteiger charge is -2.05. The van der Waals surface area contributed by atoms with Crippen LogP contribution >= 0.6 is 0 Å². The SMILES string of the molecule is COc1cc(/C=N\NC(=O)Cn2nnc3ccccc32)c(O)c([N+](=O)[O-])c1. The Balaban J connectivity index is 1.72. The second kappa shape index (κ2) is 7.47. The summed E-state index contributed by atoms with van der Waals surface area (Å²) < 4.78 is 6.37. The topological polar surface area (TPSA) is 145 Å². The smallest absolute Gasteiger partial charge is 0.315 e. The molecule has 0 radical (unpaired) electrons. The van der Waals surface area contributed by atoms with Crippen LogP contribution in [0.5, 0.6) is 11.5 Å². The number of carbonyl (C=O) groups is 1. The number of rotatable bonds is 6. The van der Waals surface area contributed by atoms with Crippen LogP contribution in [0.25, 0.3) is 11.0 Å². The zero-order valence-electron chi connectivity index (χ0n) is 14.1. The lowest BCUT2D eigenvalue weighted by molar-refractivity contribution is -0.385. The summed E-state index contributed by atoms with van der Waals surface area (Å²) in [5.41, 5.74) is 3.10. The zero-order chi connectivity index (χ0) is 19.4. The van der Waals surface area contributed by atoms with E-state index in [-0.39, 0.29) is 17.9 Å². The van der Waals surface area contributed by atoms with Gasteiger partial charge >= 0.3 is 5.69 Å². The number of amides is 1. The monoisotopic (exact) mass is 370 g/mol. The molecular weight excluding hydrogens is 356 g/mol. The third kappa shape index (κ3) is 3.81. The Hall–Kier alpha value is -4.02. The van der Waals surface area contributed by atoms with E-state index < -0.39 is 22.3 Å². The largest absolute Gasteiger partial charge is 0.502 e. The number of phenolic OH excluding ortho intramolecular Hbond substituents is 1. The van der Waals surface area contributed by atoms with Crippen LogP contribution in [0.2, 0.25) is 0 Å². The highest BCUT2D eigenvalue weighted by atomic mass is 16.6. The molecule has 0 saturated heterocycles. The van der Waals surface area contributed by atoms with Gasteiger partial charge in [-0.15, -0.1) is 5.10 Å². The zero-order valence-corrected chi connectivity index (χ0v) is 14.1. The Kier molecular flexibility index (Phi) is 4.92. The van der Waals surface area contributed by atoms with E-state index in [0.29, 0.717) is 11.0 Å². The minimum atomic E-state index is -0.746. The van der Waals surface area contributed by atoms with E-state index in [0.717, 1.165) is 12.3 Å². The number of fused-ring (bicyclic) bond motifs is 1. The number of hydrogen-bond donors (Lipinski definition) is 2. The molecule has 27 heavy (non-hydrogen) atoms. The van der Waals surface area contributed by atoms with E-state index in [9.17, 15) is 20.0 Å². The summed E-state index contributed by atoms with van der Waals surface area (Å²) in [5.74, 6) is -0.902. The second-order valence-electron chi connectivity index (χ2n) is 5.37. The third-order valence-electron chi connectivity index (χ3n) is 3.63. The van der Waals surface area contributed by atoms with Gasteiger partial charge in [-0.2, -0.15) is 5.10 Å². The van der Waals surface area contributed by atoms with E-state index in [1.807, 2.05) is 6.07 Å².